The van der Waals surface area contributed by atoms with Crippen molar-refractivity contribution < 1.29 is 24.5 Å². The summed E-state index contributed by atoms with van der Waals surface area (Å²) in [4.78, 5) is 24.5. The van der Waals surface area contributed by atoms with E-state index in [0.29, 0.717) is 19.4 Å². The number of amides is 1. The van der Waals surface area contributed by atoms with E-state index in [4.69, 9.17) is 4.74 Å². The van der Waals surface area contributed by atoms with Gasteiger partial charge in [0.1, 0.15) is 0 Å². The Balaban J connectivity index is 3.53. The van der Waals surface area contributed by atoms with E-state index >= 15 is 0 Å². The first kappa shape index (κ1) is 63.3. The summed E-state index contributed by atoms with van der Waals surface area (Å²) >= 11 is 0. The first-order valence-corrected chi connectivity index (χ1v) is 29.1. The molecule has 65 heavy (non-hydrogen) atoms. The van der Waals surface area contributed by atoms with E-state index in [1.807, 2.05) is 6.08 Å². The molecule has 384 valence electrons. The third kappa shape index (κ3) is 51.6. The molecule has 2 unspecified atom stereocenters. The van der Waals surface area contributed by atoms with Crippen molar-refractivity contribution in [1.82, 2.24) is 5.32 Å². The standard InChI is InChI=1S/C59H113NO5/c1-3-5-7-9-11-13-15-17-19-20-21-22-23-24-25-26-27-28-29-31-35-39-43-47-51-57(62)56(55-61)60-58(63)52-48-44-40-36-33-34-38-42-46-50-54-65-59(64)53-49-45-41-37-32-30-18-16-14-12-10-8-6-4-2/h34,38,47,51,56-57,61-62H,3-33,35-37,39-46,48-50,52-55H2,1-2H3,(H,60,63)/b38-34-,51-47+. The number of hydrogen-bond acceptors (Lipinski definition) is 5. The van der Waals surface area contributed by atoms with Gasteiger partial charge in [-0.2, -0.15) is 0 Å². The molecule has 0 aromatic heterocycles. The Morgan fingerprint density at radius 1 is 0.415 bits per heavy atom. The van der Waals surface area contributed by atoms with Crippen LogP contribution in [-0.4, -0.2) is 47.4 Å². The minimum absolute atomic E-state index is 0.0355. The Labute approximate surface area is 405 Å². The lowest BCUT2D eigenvalue weighted by atomic mass is 10.0. The van der Waals surface area contributed by atoms with Crippen LogP contribution in [0.3, 0.4) is 0 Å². The quantitative estimate of drug-likeness (QED) is 0.0321. The van der Waals surface area contributed by atoms with E-state index in [0.717, 1.165) is 77.0 Å². The molecule has 0 saturated carbocycles. The van der Waals surface area contributed by atoms with Gasteiger partial charge in [0.15, 0.2) is 0 Å². The summed E-state index contributed by atoms with van der Waals surface area (Å²) in [6, 6.07) is -0.653. The lowest BCUT2D eigenvalue weighted by Gasteiger charge is -2.20. The zero-order chi connectivity index (χ0) is 47.2. The number of ether oxygens (including phenoxy) is 1. The van der Waals surface area contributed by atoms with Crippen molar-refractivity contribution in [2.75, 3.05) is 13.2 Å². The van der Waals surface area contributed by atoms with Crippen molar-refractivity contribution >= 4 is 11.9 Å². The van der Waals surface area contributed by atoms with E-state index in [1.165, 1.54) is 212 Å². The summed E-state index contributed by atoms with van der Waals surface area (Å²) in [6.07, 6.45) is 66.4. The van der Waals surface area contributed by atoms with Gasteiger partial charge in [-0.25, -0.2) is 0 Å². The van der Waals surface area contributed by atoms with E-state index in [9.17, 15) is 19.8 Å². The topological polar surface area (TPSA) is 95.9 Å². The summed E-state index contributed by atoms with van der Waals surface area (Å²) in [5.41, 5.74) is 0. The molecule has 0 spiro atoms. The van der Waals surface area contributed by atoms with Gasteiger partial charge in [-0.15, -0.1) is 0 Å². The van der Waals surface area contributed by atoms with Crippen LogP contribution in [0.5, 0.6) is 0 Å². The molecule has 0 aliphatic carbocycles. The van der Waals surface area contributed by atoms with E-state index in [1.54, 1.807) is 6.08 Å². The van der Waals surface area contributed by atoms with Crippen molar-refractivity contribution in [3.63, 3.8) is 0 Å². The molecule has 0 bridgehead atoms. The van der Waals surface area contributed by atoms with Crippen LogP contribution in [-0.2, 0) is 14.3 Å². The summed E-state index contributed by atoms with van der Waals surface area (Å²) in [7, 11) is 0. The molecule has 0 radical (unpaired) electrons. The molecule has 2 atom stereocenters. The first-order valence-electron chi connectivity index (χ1n) is 29.1. The number of nitrogens with one attached hydrogen (secondary N) is 1. The second kappa shape index (κ2) is 54.9. The highest BCUT2D eigenvalue weighted by Gasteiger charge is 2.18. The number of aliphatic hydroxyl groups is 2. The molecule has 0 fully saturated rings. The molecular weight excluding hydrogens is 803 g/mol. The summed E-state index contributed by atoms with van der Waals surface area (Å²) in [5.74, 6) is -0.136. The Morgan fingerprint density at radius 3 is 1.09 bits per heavy atom. The highest BCUT2D eigenvalue weighted by Crippen LogP contribution is 2.17. The smallest absolute Gasteiger partial charge is 0.305 e. The van der Waals surface area contributed by atoms with Gasteiger partial charge in [0.05, 0.1) is 25.4 Å². The largest absolute Gasteiger partial charge is 0.466 e. The van der Waals surface area contributed by atoms with Crippen molar-refractivity contribution in [3.05, 3.63) is 24.3 Å². The zero-order valence-electron chi connectivity index (χ0n) is 43.7. The third-order valence-corrected chi connectivity index (χ3v) is 13.5. The molecule has 0 aliphatic heterocycles. The van der Waals surface area contributed by atoms with Crippen LogP contribution < -0.4 is 5.32 Å². The van der Waals surface area contributed by atoms with Gasteiger partial charge in [0.25, 0.3) is 0 Å². The van der Waals surface area contributed by atoms with Crippen molar-refractivity contribution in [2.45, 2.75) is 328 Å². The second-order valence-electron chi connectivity index (χ2n) is 20.0. The fourth-order valence-electron chi connectivity index (χ4n) is 8.98. The third-order valence-electron chi connectivity index (χ3n) is 13.5. The van der Waals surface area contributed by atoms with Crippen LogP contribution in [0, 0.1) is 0 Å². The molecule has 3 N–H and O–H groups in total. The van der Waals surface area contributed by atoms with Gasteiger partial charge < -0.3 is 20.3 Å². The number of carbonyl (C=O) groups is 2. The molecule has 0 aromatic rings. The van der Waals surface area contributed by atoms with Gasteiger partial charge in [-0.3, -0.25) is 9.59 Å². The maximum absolute atomic E-state index is 12.5. The van der Waals surface area contributed by atoms with Crippen LogP contribution in [0.4, 0.5) is 0 Å². The Bertz CT molecular complexity index is 1010. The predicted molar refractivity (Wildman–Crippen MR) is 283 cm³/mol. The Kier molecular flexibility index (Phi) is 53.5. The van der Waals surface area contributed by atoms with E-state index in [-0.39, 0.29) is 18.5 Å². The normalized spacial score (nSPS) is 12.7. The maximum Gasteiger partial charge on any atom is 0.305 e. The highest BCUT2D eigenvalue weighted by atomic mass is 16.5. The van der Waals surface area contributed by atoms with Crippen molar-refractivity contribution in [1.29, 1.82) is 0 Å². The minimum Gasteiger partial charge on any atom is -0.466 e. The fourth-order valence-corrected chi connectivity index (χ4v) is 8.98. The number of carbonyl (C=O) groups excluding carboxylic acids is 2. The van der Waals surface area contributed by atoms with Crippen LogP contribution in [0.15, 0.2) is 24.3 Å². The average molecular weight is 917 g/mol. The molecule has 1 amide bonds. The second-order valence-corrected chi connectivity index (χ2v) is 20.0. The van der Waals surface area contributed by atoms with Crippen LogP contribution >= 0.6 is 0 Å². The Hall–Kier alpha value is -1.66. The molecule has 6 heteroatoms. The van der Waals surface area contributed by atoms with Crippen LogP contribution in [0.25, 0.3) is 0 Å². The SMILES string of the molecule is CCCCCCCCCCCCCCCCCCCCCCCC/C=C/C(O)C(CO)NC(=O)CCCCCC/C=C\CCCCOC(=O)CCCCCCCCCCCCCCCC. The Morgan fingerprint density at radius 2 is 0.723 bits per heavy atom. The van der Waals surface area contributed by atoms with Crippen molar-refractivity contribution in [3.8, 4) is 0 Å². The van der Waals surface area contributed by atoms with Crippen LogP contribution in [0.2, 0.25) is 0 Å². The van der Waals surface area contributed by atoms with Crippen LogP contribution in [0.1, 0.15) is 316 Å². The first-order chi connectivity index (χ1) is 32.0. The summed E-state index contributed by atoms with van der Waals surface area (Å²) < 4.78 is 5.44. The molecule has 0 saturated heterocycles. The lowest BCUT2D eigenvalue weighted by Crippen LogP contribution is -2.45. The predicted octanol–water partition coefficient (Wildman–Crippen LogP) is 17.9. The molecule has 0 aromatic carbocycles. The average Bonchev–Trinajstić information content (AvgIpc) is 3.31. The fraction of sp³-hybridized carbons (Fsp3) is 0.898. The monoisotopic (exact) mass is 916 g/mol. The molecule has 0 heterocycles. The van der Waals surface area contributed by atoms with Crippen molar-refractivity contribution in [2.24, 2.45) is 0 Å². The summed E-state index contributed by atoms with van der Waals surface area (Å²) in [6.45, 7) is 4.84. The minimum atomic E-state index is -0.867. The number of aliphatic hydroxyl groups excluding tert-OH is 2. The van der Waals surface area contributed by atoms with E-state index in [2.05, 4.69) is 31.3 Å². The highest BCUT2D eigenvalue weighted by molar-refractivity contribution is 5.76. The van der Waals surface area contributed by atoms with Gasteiger partial charge >= 0.3 is 5.97 Å². The summed E-state index contributed by atoms with van der Waals surface area (Å²) in [5, 5.41) is 23.2. The van der Waals surface area contributed by atoms with Gasteiger partial charge in [-0.1, -0.05) is 269 Å². The number of hydrogen-bond donors (Lipinski definition) is 3. The number of allylic oxidation sites excluding steroid dienone is 3. The molecular formula is C59H113NO5. The number of rotatable bonds is 54. The molecule has 0 aliphatic rings. The number of unbranched alkanes of at least 4 members (excludes halogenated alkanes) is 41. The van der Waals surface area contributed by atoms with Gasteiger partial charge in [0, 0.05) is 12.8 Å². The molecule has 0 rings (SSSR count). The van der Waals surface area contributed by atoms with Gasteiger partial charge in [-0.05, 0) is 57.8 Å². The molecule has 6 nitrogen and oxygen atoms in total. The van der Waals surface area contributed by atoms with Gasteiger partial charge in [0.2, 0.25) is 5.91 Å². The van der Waals surface area contributed by atoms with E-state index < -0.39 is 12.1 Å². The number of esters is 1. The zero-order valence-corrected chi connectivity index (χ0v) is 43.7. The maximum atomic E-state index is 12.5. The lowest BCUT2D eigenvalue weighted by molar-refractivity contribution is -0.143.